The van der Waals surface area contributed by atoms with Crippen LogP contribution in [-0.4, -0.2) is 9.97 Å². The van der Waals surface area contributed by atoms with E-state index in [-0.39, 0.29) is 0 Å². The Morgan fingerprint density at radius 2 is 0.963 bits per heavy atom. The number of hydrogen-bond acceptors (Lipinski definition) is 3. The zero-order valence-corrected chi connectivity index (χ0v) is 16.5. The quantitative estimate of drug-likeness (QED) is 0.355. The highest BCUT2D eigenvalue weighted by atomic mass is 35.5. The van der Waals surface area contributed by atoms with Gasteiger partial charge >= 0.3 is 0 Å². The van der Waals surface area contributed by atoms with Crippen LogP contribution >= 0.6 is 35.0 Å². The molecule has 2 aromatic carbocycles. The molecule has 132 valence electrons. The second-order valence-electron chi connectivity index (χ2n) is 5.82. The van der Waals surface area contributed by atoms with Gasteiger partial charge in [-0.25, -0.2) is 0 Å². The maximum absolute atomic E-state index is 6.03. The molecule has 0 saturated heterocycles. The molecule has 27 heavy (non-hydrogen) atoms. The summed E-state index contributed by atoms with van der Waals surface area (Å²) in [6.07, 6.45) is 3.61. The molecule has 4 rings (SSSR count). The second kappa shape index (κ2) is 8.13. The summed E-state index contributed by atoms with van der Waals surface area (Å²) in [5.74, 6) is 0. The Kier molecular flexibility index (Phi) is 5.44. The van der Waals surface area contributed by atoms with Gasteiger partial charge in [0.15, 0.2) is 0 Å². The van der Waals surface area contributed by atoms with Crippen molar-refractivity contribution in [3.63, 3.8) is 0 Å². The fourth-order valence-electron chi connectivity index (χ4n) is 2.71. The Balaban J connectivity index is 1.74. The predicted octanol–water partition coefficient (Wildman–Crippen LogP) is 7.27. The van der Waals surface area contributed by atoms with Gasteiger partial charge in [0.05, 0.1) is 11.4 Å². The van der Waals surface area contributed by atoms with E-state index >= 15 is 0 Å². The fourth-order valence-corrected chi connectivity index (χ4v) is 4.03. The first-order valence-electron chi connectivity index (χ1n) is 8.30. The lowest BCUT2D eigenvalue weighted by Gasteiger charge is -2.11. The van der Waals surface area contributed by atoms with E-state index in [1.54, 1.807) is 24.2 Å². The number of rotatable bonds is 4. The van der Waals surface area contributed by atoms with Crippen molar-refractivity contribution in [3.05, 3.63) is 95.2 Å². The van der Waals surface area contributed by atoms with Gasteiger partial charge in [0.25, 0.3) is 0 Å². The molecule has 0 unspecified atom stereocenters. The molecule has 2 aromatic heterocycles. The Morgan fingerprint density at radius 1 is 0.556 bits per heavy atom. The summed E-state index contributed by atoms with van der Waals surface area (Å²) >= 11 is 13.7. The molecule has 2 heterocycles. The minimum atomic E-state index is 0.709. The number of aromatic nitrogens is 2. The third kappa shape index (κ3) is 4.16. The van der Waals surface area contributed by atoms with Crippen LogP contribution in [0.1, 0.15) is 0 Å². The van der Waals surface area contributed by atoms with E-state index in [0.29, 0.717) is 10.0 Å². The fraction of sp³-hybridized carbons (Fsp3) is 0. The smallest absolute Gasteiger partial charge is 0.0841 e. The van der Waals surface area contributed by atoms with Gasteiger partial charge in [0, 0.05) is 43.4 Å². The van der Waals surface area contributed by atoms with Crippen molar-refractivity contribution in [2.45, 2.75) is 9.79 Å². The van der Waals surface area contributed by atoms with Crippen molar-refractivity contribution in [2.24, 2.45) is 0 Å². The summed E-state index contributed by atoms with van der Waals surface area (Å²) in [7, 11) is 0. The lowest BCUT2D eigenvalue weighted by molar-refractivity contribution is 1.22. The van der Waals surface area contributed by atoms with Gasteiger partial charge in [0.1, 0.15) is 0 Å². The average molecular weight is 409 g/mol. The highest BCUT2D eigenvalue weighted by molar-refractivity contribution is 7.99. The third-order valence-electron chi connectivity index (χ3n) is 4.00. The van der Waals surface area contributed by atoms with Crippen molar-refractivity contribution in [1.82, 2.24) is 9.97 Å². The zero-order valence-electron chi connectivity index (χ0n) is 14.1. The first kappa shape index (κ1) is 18.1. The van der Waals surface area contributed by atoms with Crippen molar-refractivity contribution in [2.75, 3.05) is 0 Å². The Morgan fingerprint density at radius 3 is 1.37 bits per heavy atom. The second-order valence-corrected chi connectivity index (χ2v) is 7.77. The summed E-state index contributed by atoms with van der Waals surface area (Å²) < 4.78 is 0. The van der Waals surface area contributed by atoms with Crippen LogP contribution in [0.15, 0.2) is 95.0 Å². The molecular weight excluding hydrogens is 395 g/mol. The van der Waals surface area contributed by atoms with Crippen LogP contribution in [0.4, 0.5) is 0 Å². The van der Waals surface area contributed by atoms with Crippen LogP contribution in [0.5, 0.6) is 0 Å². The SMILES string of the molecule is Clc1ccc(-c2ncccc2Sc2cccnc2-c2ccc(Cl)cc2)cc1. The molecule has 0 bridgehead atoms. The molecule has 5 heteroatoms. The summed E-state index contributed by atoms with van der Waals surface area (Å²) in [5, 5.41) is 1.42. The Bertz CT molecular complexity index is 977. The summed E-state index contributed by atoms with van der Waals surface area (Å²) in [4.78, 5) is 11.3. The normalized spacial score (nSPS) is 10.7. The number of benzene rings is 2. The lowest BCUT2D eigenvalue weighted by Crippen LogP contribution is -1.90. The molecular formula is C22H14Cl2N2S. The molecule has 0 spiro atoms. The first-order chi connectivity index (χ1) is 13.2. The monoisotopic (exact) mass is 408 g/mol. The predicted molar refractivity (Wildman–Crippen MR) is 113 cm³/mol. The largest absolute Gasteiger partial charge is 0.255 e. The first-order valence-corrected chi connectivity index (χ1v) is 9.88. The van der Waals surface area contributed by atoms with Crippen LogP contribution in [0.3, 0.4) is 0 Å². The summed E-state index contributed by atoms with van der Waals surface area (Å²) in [5.41, 5.74) is 3.90. The molecule has 0 aliphatic rings. The minimum absolute atomic E-state index is 0.709. The highest BCUT2D eigenvalue weighted by Gasteiger charge is 2.12. The molecule has 0 saturated carbocycles. The molecule has 0 radical (unpaired) electrons. The van der Waals surface area contributed by atoms with E-state index in [0.717, 1.165) is 32.3 Å². The molecule has 0 atom stereocenters. The van der Waals surface area contributed by atoms with E-state index in [1.807, 2.05) is 60.7 Å². The van der Waals surface area contributed by atoms with E-state index in [1.165, 1.54) is 0 Å². The lowest BCUT2D eigenvalue weighted by atomic mass is 10.1. The molecule has 0 fully saturated rings. The van der Waals surface area contributed by atoms with Crippen LogP contribution in [0.25, 0.3) is 22.5 Å². The summed E-state index contributed by atoms with van der Waals surface area (Å²) in [6, 6.07) is 23.5. The van der Waals surface area contributed by atoms with Gasteiger partial charge in [-0.05, 0) is 48.5 Å². The van der Waals surface area contributed by atoms with Crippen molar-refractivity contribution < 1.29 is 0 Å². The Labute approximate surface area is 172 Å². The van der Waals surface area contributed by atoms with Crippen LogP contribution in [0, 0.1) is 0 Å². The van der Waals surface area contributed by atoms with Crippen LogP contribution in [-0.2, 0) is 0 Å². The average Bonchev–Trinajstić information content (AvgIpc) is 2.70. The summed E-state index contributed by atoms with van der Waals surface area (Å²) in [6.45, 7) is 0. The van der Waals surface area contributed by atoms with Gasteiger partial charge in [-0.15, -0.1) is 0 Å². The molecule has 4 aromatic rings. The van der Waals surface area contributed by atoms with Crippen LogP contribution in [0.2, 0.25) is 10.0 Å². The molecule has 0 amide bonds. The van der Waals surface area contributed by atoms with Crippen molar-refractivity contribution in [3.8, 4) is 22.5 Å². The van der Waals surface area contributed by atoms with E-state index in [2.05, 4.69) is 22.1 Å². The van der Waals surface area contributed by atoms with E-state index in [9.17, 15) is 0 Å². The molecule has 0 aliphatic heterocycles. The molecule has 0 N–H and O–H groups in total. The number of nitrogens with zero attached hydrogens (tertiary/aromatic N) is 2. The van der Waals surface area contributed by atoms with Crippen LogP contribution < -0.4 is 0 Å². The van der Waals surface area contributed by atoms with Gasteiger partial charge < -0.3 is 0 Å². The zero-order chi connectivity index (χ0) is 18.6. The van der Waals surface area contributed by atoms with Crippen molar-refractivity contribution in [1.29, 1.82) is 0 Å². The molecule has 2 nitrogen and oxygen atoms in total. The van der Waals surface area contributed by atoms with E-state index < -0.39 is 0 Å². The van der Waals surface area contributed by atoms with Gasteiger partial charge in [-0.3, -0.25) is 9.97 Å². The maximum Gasteiger partial charge on any atom is 0.0841 e. The van der Waals surface area contributed by atoms with Gasteiger partial charge in [0.2, 0.25) is 0 Å². The minimum Gasteiger partial charge on any atom is -0.255 e. The van der Waals surface area contributed by atoms with Gasteiger partial charge in [-0.1, -0.05) is 59.2 Å². The molecule has 0 aliphatic carbocycles. The number of hydrogen-bond donors (Lipinski definition) is 0. The third-order valence-corrected chi connectivity index (χ3v) is 5.60. The number of pyridine rings is 2. The van der Waals surface area contributed by atoms with Gasteiger partial charge in [-0.2, -0.15) is 0 Å². The Hall–Kier alpha value is -2.33. The highest BCUT2D eigenvalue weighted by Crippen LogP contribution is 2.39. The topological polar surface area (TPSA) is 25.8 Å². The number of halogens is 2. The van der Waals surface area contributed by atoms with Crippen molar-refractivity contribution >= 4 is 35.0 Å². The van der Waals surface area contributed by atoms with E-state index in [4.69, 9.17) is 23.2 Å². The standard InChI is InChI=1S/C22H14Cl2N2S/c23-17-9-5-15(6-10-17)21-19(3-1-13-25-21)27-20-4-2-14-26-22(20)16-7-11-18(24)12-8-16/h1-14H. The maximum atomic E-state index is 6.03.